The molecule has 68 valence electrons. The van der Waals surface area contributed by atoms with Crippen LogP contribution in [0.1, 0.15) is 6.92 Å². The maximum atomic E-state index is 10.1. The Morgan fingerprint density at radius 1 is 1.46 bits per heavy atom. The summed E-state index contributed by atoms with van der Waals surface area (Å²) >= 11 is 0. The van der Waals surface area contributed by atoms with Crippen molar-refractivity contribution >= 4 is 6.29 Å². The van der Waals surface area contributed by atoms with Crippen molar-refractivity contribution in [3.05, 3.63) is 48.3 Å². The third kappa shape index (κ3) is 3.56. The Morgan fingerprint density at radius 2 is 2.31 bits per heavy atom. The molecule has 0 saturated heterocycles. The van der Waals surface area contributed by atoms with Gasteiger partial charge in [0.1, 0.15) is 12.4 Å². The SMILES string of the molecule is CC(/C=C/C1C=CC=CO1)=C\C=O. The number of allylic oxidation sites excluding steroid dienone is 5. The van der Waals surface area contributed by atoms with Crippen molar-refractivity contribution in [2.75, 3.05) is 0 Å². The van der Waals surface area contributed by atoms with E-state index in [1.807, 2.05) is 37.3 Å². The van der Waals surface area contributed by atoms with Gasteiger partial charge in [0.2, 0.25) is 0 Å². The highest BCUT2D eigenvalue weighted by Gasteiger charge is 1.98. The van der Waals surface area contributed by atoms with Crippen LogP contribution in [0.25, 0.3) is 0 Å². The molecule has 2 heteroatoms. The van der Waals surface area contributed by atoms with Gasteiger partial charge in [0.05, 0.1) is 6.26 Å². The first kappa shape index (κ1) is 9.52. The van der Waals surface area contributed by atoms with Crippen LogP contribution in [0.15, 0.2) is 48.3 Å². The molecule has 0 radical (unpaired) electrons. The fourth-order valence-corrected chi connectivity index (χ4v) is 0.919. The number of hydrogen-bond acceptors (Lipinski definition) is 2. The zero-order valence-corrected chi connectivity index (χ0v) is 7.51. The molecule has 1 rings (SSSR count). The number of carbonyl (C=O) groups excluding carboxylic acids is 1. The van der Waals surface area contributed by atoms with Crippen LogP contribution in [0.3, 0.4) is 0 Å². The Morgan fingerprint density at radius 3 is 2.92 bits per heavy atom. The van der Waals surface area contributed by atoms with Gasteiger partial charge in [0.25, 0.3) is 0 Å². The Balaban J connectivity index is 2.48. The summed E-state index contributed by atoms with van der Waals surface area (Å²) in [6.45, 7) is 1.87. The lowest BCUT2D eigenvalue weighted by Gasteiger charge is -2.09. The molecule has 0 aromatic rings. The smallest absolute Gasteiger partial charge is 0.143 e. The quantitative estimate of drug-likeness (QED) is 0.374. The van der Waals surface area contributed by atoms with Crippen molar-refractivity contribution in [1.29, 1.82) is 0 Å². The third-order valence-corrected chi connectivity index (χ3v) is 1.61. The molecule has 0 aromatic heterocycles. The summed E-state index contributed by atoms with van der Waals surface area (Å²) in [5.74, 6) is 0. The molecule has 0 bridgehead atoms. The van der Waals surface area contributed by atoms with E-state index in [4.69, 9.17) is 4.74 Å². The number of aldehydes is 1. The number of carbonyl (C=O) groups is 1. The van der Waals surface area contributed by atoms with Gasteiger partial charge < -0.3 is 4.74 Å². The van der Waals surface area contributed by atoms with Gasteiger partial charge in [-0.15, -0.1) is 0 Å². The molecule has 0 amide bonds. The van der Waals surface area contributed by atoms with E-state index in [9.17, 15) is 4.79 Å². The average Bonchev–Trinajstić information content (AvgIpc) is 2.17. The van der Waals surface area contributed by atoms with E-state index in [-0.39, 0.29) is 6.10 Å². The first-order valence-electron chi connectivity index (χ1n) is 4.12. The molecule has 1 atom stereocenters. The van der Waals surface area contributed by atoms with Crippen LogP contribution in [0.4, 0.5) is 0 Å². The Hall–Kier alpha value is -1.57. The number of hydrogen-bond donors (Lipinski definition) is 0. The minimum Gasteiger partial charge on any atom is -0.490 e. The molecule has 0 spiro atoms. The first-order valence-corrected chi connectivity index (χ1v) is 4.12. The second-order valence-corrected chi connectivity index (χ2v) is 2.72. The Bertz CT molecular complexity index is 282. The van der Waals surface area contributed by atoms with E-state index >= 15 is 0 Å². The van der Waals surface area contributed by atoms with E-state index < -0.39 is 0 Å². The molecular formula is C11H12O2. The van der Waals surface area contributed by atoms with Crippen molar-refractivity contribution < 1.29 is 9.53 Å². The Kier molecular flexibility index (Phi) is 3.76. The van der Waals surface area contributed by atoms with Crippen LogP contribution >= 0.6 is 0 Å². The molecular weight excluding hydrogens is 164 g/mol. The van der Waals surface area contributed by atoms with E-state index in [0.717, 1.165) is 11.9 Å². The average molecular weight is 176 g/mol. The van der Waals surface area contributed by atoms with Crippen LogP contribution < -0.4 is 0 Å². The maximum absolute atomic E-state index is 10.1. The van der Waals surface area contributed by atoms with Crippen LogP contribution in [0.2, 0.25) is 0 Å². The van der Waals surface area contributed by atoms with Gasteiger partial charge in [0.15, 0.2) is 0 Å². The summed E-state index contributed by atoms with van der Waals surface area (Å²) in [4.78, 5) is 10.1. The van der Waals surface area contributed by atoms with Crippen molar-refractivity contribution in [3.63, 3.8) is 0 Å². The highest BCUT2D eigenvalue weighted by Crippen LogP contribution is 2.05. The van der Waals surface area contributed by atoms with Gasteiger partial charge in [-0.2, -0.15) is 0 Å². The first-order chi connectivity index (χ1) is 6.33. The van der Waals surface area contributed by atoms with E-state index in [1.165, 1.54) is 6.08 Å². The van der Waals surface area contributed by atoms with E-state index in [0.29, 0.717) is 0 Å². The largest absolute Gasteiger partial charge is 0.490 e. The van der Waals surface area contributed by atoms with Crippen molar-refractivity contribution in [2.45, 2.75) is 13.0 Å². The molecule has 13 heavy (non-hydrogen) atoms. The molecule has 0 saturated carbocycles. The molecule has 1 aliphatic heterocycles. The highest BCUT2D eigenvalue weighted by molar-refractivity contribution is 5.66. The summed E-state index contributed by atoms with van der Waals surface area (Å²) in [7, 11) is 0. The zero-order chi connectivity index (χ0) is 9.52. The Labute approximate surface area is 77.9 Å². The van der Waals surface area contributed by atoms with Crippen molar-refractivity contribution in [2.24, 2.45) is 0 Å². The van der Waals surface area contributed by atoms with Crippen molar-refractivity contribution in [3.8, 4) is 0 Å². The fourth-order valence-electron chi connectivity index (χ4n) is 0.919. The second-order valence-electron chi connectivity index (χ2n) is 2.72. The van der Waals surface area contributed by atoms with Crippen LogP contribution in [0, 0.1) is 0 Å². The van der Waals surface area contributed by atoms with Gasteiger partial charge in [-0.05, 0) is 36.8 Å². The second kappa shape index (κ2) is 5.14. The highest BCUT2D eigenvalue weighted by atomic mass is 16.5. The van der Waals surface area contributed by atoms with Crippen LogP contribution in [0.5, 0.6) is 0 Å². The van der Waals surface area contributed by atoms with Crippen molar-refractivity contribution in [1.82, 2.24) is 0 Å². The third-order valence-electron chi connectivity index (χ3n) is 1.61. The number of ether oxygens (including phenoxy) is 1. The monoisotopic (exact) mass is 176 g/mol. The minimum absolute atomic E-state index is 0.0139. The standard InChI is InChI=1S/C11H12O2/c1-10(7-8-12)5-6-11-4-2-3-9-13-11/h2-9,11H,1H3/b6-5+,10-7+. The summed E-state index contributed by atoms with van der Waals surface area (Å²) in [6.07, 6.45) is 13.4. The predicted octanol–water partition coefficient (Wildman–Crippen LogP) is 2.16. The molecule has 2 nitrogen and oxygen atoms in total. The lowest BCUT2D eigenvalue weighted by atomic mass is 10.2. The minimum atomic E-state index is -0.0139. The normalized spacial score (nSPS) is 21.9. The lowest BCUT2D eigenvalue weighted by molar-refractivity contribution is -0.104. The maximum Gasteiger partial charge on any atom is 0.143 e. The van der Waals surface area contributed by atoms with Gasteiger partial charge in [0, 0.05) is 0 Å². The molecule has 0 N–H and O–H groups in total. The molecule has 0 aromatic carbocycles. The lowest BCUT2D eigenvalue weighted by Crippen LogP contribution is -2.03. The summed E-state index contributed by atoms with van der Waals surface area (Å²) in [5.41, 5.74) is 0.918. The van der Waals surface area contributed by atoms with Crippen LogP contribution in [-0.2, 0) is 9.53 Å². The predicted molar refractivity (Wildman–Crippen MR) is 52.1 cm³/mol. The van der Waals surface area contributed by atoms with Crippen LogP contribution in [-0.4, -0.2) is 12.4 Å². The molecule has 1 unspecified atom stereocenters. The van der Waals surface area contributed by atoms with Gasteiger partial charge in [-0.3, -0.25) is 4.79 Å². The summed E-state index contributed by atoms with van der Waals surface area (Å²) < 4.78 is 5.24. The van der Waals surface area contributed by atoms with Gasteiger partial charge in [-0.1, -0.05) is 12.2 Å². The molecule has 1 heterocycles. The topological polar surface area (TPSA) is 26.3 Å². The molecule has 0 aliphatic carbocycles. The summed E-state index contributed by atoms with van der Waals surface area (Å²) in [6, 6.07) is 0. The number of rotatable bonds is 3. The van der Waals surface area contributed by atoms with Gasteiger partial charge in [-0.25, -0.2) is 0 Å². The fraction of sp³-hybridized carbons (Fsp3) is 0.182. The molecule has 0 fully saturated rings. The zero-order valence-electron chi connectivity index (χ0n) is 7.51. The molecule has 1 aliphatic rings. The summed E-state index contributed by atoms with van der Waals surface area (Å²) in [5, 5.41) is 0. The van der Waals surface area contributed by atoms with Gasteiger partial charge >= 0.3 is 0 Å². The van der Waals surface area contributed by atoms with E-state index in [1.54, 1.807) is 6.26 Å². The van der Waals surface area contributed by atoms with E-state index in [2.05, 4.69) is 0 Å².